The summed E-state index contributed by atoms with van der Waals surface area (Å²) in [7, 11) is 1.99. The van der Waals surface area contributed by atoms with Gasteiger partial charge in [0.1, 0.15) is 0 Å². The number of nitrogens with zero attached hydrogens (tertiary/aromatic N) is 3. The van der Waals surface area contributed by atoms with Crippen molar-refractivity contribution in [2.45, 2.75) is 37.7 Å². The van der Waals surface area contributed by atoms with Crippen molar-refractivity contribution < 1.29 is 9.53 Å². The monoisotopic (exact) mass is 306 g/mol. The van der Waals surface area contributed by atoms with Gasteiger partial charge < -0.3 is 15.0 Å². The molecule has 6 nitrogen and oxygen atoms in total. The Morgan fingerprint density at radius 3 is 2.86 bits per heavy atom. The number of likely N-dealkylation sites (tertiary alicyclic amines) is 1. The predicted octanol–water partition coefficient (Wildman–Crippen LogP) is 0.895. The number of hydrogen-bond acceptors (Lipinski definition) is 4. The Bertz CT molecular complexity index is 488. The molecule has 22 heavy (non-hydrogen) atoms. The molecule has 0 aliphatic carbocycles. The van der Waals surface area contributed by atoms with Crippen LogP contribution in [0, 0.1) is 0 Å². The molecule has 3 heterocycles. The van der Waals surface area contributed by atoms with E-state index in [1.807, 2.05) is 22.8 Å². The quantitative estimate of drug-likeness (QED) is 0.878. The molecule has 1 aromatic heterocycles. The van der Waals surface area contributed by atoms with Gasteiger partial charge in [0.25, 0.3) is 0 Å². The molecule has 2 fully saturated rings. The van der Waals surface area contributed by atoms with Gasteiger partial charge >= 0.3 is 0 Å². The van der Waals surface area contributed by atoms with E-state index in [4.69, 9.17) is 4.74 Å². The van der Waals surface area contributed by atoms with E-state index in [2.05, 4.69) is 16.5 Å². The van der Waals surface area contributed by atoms with Crippen LogP contribution in [-0.2, 0) is 16.6 Å². The van der Waals surface area contributed by atoms with Crippen molar-refractivity contribution in [1.29, 1.82) is 0 Å². The predicted molar refractivity (Wildman–Crippen MR) is 83.6 cm³/mol. The lowest BCUT2D eigenvalue weighted by Crippen LogP contribution is -2.43. The third-order valence-corrected chi connectivity index (χ3v) is 4.80. The zero-order chi connectivity index (χ0) is 15.4. The average Bonchev–Trinajstić information content (AvgIpc) is 3.19. The number of ether oxygens (including phenoxy) is 1. The number of rotatable bonds is 5. The van der Waals surface area contributed by atoms with Gasteiger partial charge in [0.05, 0.1) is 12.6 Å². The van der Waals surface area contributed by atoms with Crippen LogP contribution in [0.1, 0.15) is 37.3 Å². The van der Waals surface area contributed by atoms with Crippen LogP contribution in [0.3, 0.4) is 0 Å². The van der Waals surface area contributed by atoms with Crippen LogP contribution in [0.15, 0.2) is 12.3 Å². The van der Waals surface area contributed by atoms with E-state index in [1.54, 1.807) is 0 Å². The lowest BCUT2D eigenvalue weighted by atomic mass is 9.93. The Balaban J connectivity index is 1.39. The molecule has 1 amide bonds. The molecular formula is C16H26N4O2. The lowest BCUT2D eigenvalue weighted by molar-refractivity contribution is -0.131. The standard InChI is InChI=1S/C16H26N4O2/c1-19-15(4-7-18-19)13-5-8-20(9-6-13)16(21)12-17-11-14-3-2-10-22-14/h4,7,13-14,17H,2-3,5-6,8-12H2,1H3. The summed E-state index contributed by atoms with van der Waals surface area (Å²) in [6.45, 7) is 3.77. The topological polar surface area (TPSA) is 59.4 Å². The van der Waals surface area contributed by atoms with Gasteiger partial charge in [-0.05, 0) is 31.7 Å². The van der Waals surface area contributed by atoms with Gasteiger partial charge in [-0.15, -0.1) is 0 Å². The van der Waals surface area contributed by atoms with E-state index >= 15 is 0 Å². The molecule has 1 atom stereocenters. The molecule has 0 radical (unpaired) electrons. The molecule has 0 spiro atoms. The van der Waals surface area contributed by atoms with E-state index in [1.165, 1.54) is 5.69 Å². The number of aryl methyl sites for hydroxylation is 1. The number of amides is 1. The van der Waals surface area contributed by atoms with Crippen LogP contribution in [0.25, 0.3) is 0 Å². The highest BCUT2D eigenvalue weighted by atomic mass is 16.5. The number of carbonyl (C=O) groups excluding carboxylic acids is 1. The summed E-state index contributed by atoms with van der Waals surface area (Å²) in [6.07, 6.45) is 6.44. The average molecular weight is 306 g/mol. The van der Waals surface area contributed by atoms with Crippen molar-refractivity contribution in [2.24, 2.45) is 7.05 Å². The number of carbonyl (C=O) groups is 1. The molecule has 2 aliphatic rings. The van der Waals surface area contributed by atoms with Gasteiger partial charge in [0.15, 0.2) is 0 Å². The Kier molecular flexibility index (Phi) is 5.10. The van der Waals surface area contributed by atoms with Gasteiger partial charge in [0, 0.05) is 51.1 Å². The summed E-state index contributed by atoms with van der Waals surface area (Å²) in [5, 5.41) is 7.48. The van der Waals surface area contributed by atoms with Gasteiger partial charge in [-0.1, -0.05) is 0 Å². The molecule has 6 heteroatoms. The van der Waals surface area contributed by atoms with Gasteiger partial charge in [0.2, 0.25) is 5.91 Å². The molecule has 2 saturated heterocycles. The Labute approximate surface area is 131 Å². The summed E-state index contributed by atoms with van der Waals surface area (Å²) in [5.74, 6) is 0.734. The maximum atomic E-state index is 12.2. The third kappa shape index (κ3) is 3.67. The first kappa shape index (κ1) is 15.5. The summed E-state index contributed by atoms with van der Waals surface area (Å²) in [4.78, 5) is 14.2. The number of nitrogens with one attached hydrogen (secondary N) is 1. The van der Waals surface area contributed by atoms with E-state index in [0.717, 1.165) is 51.9 Å². The third-order valence-electron chi connectivity index (χ3n) is 4.80. The molecule has 3 rings (SSSR count). The lowest BCUT2D eigenvalue weighted by Gasteiger charge is -2.32. The molecule has 1 unspecified atom stereocenters. The van der Waals surface area contributed by atoms with Crippen LogP contribution in [-0.4, -0.2) is 59.5 Å². The first-order valence-corrected chi connectivity index (χ1v) is 8.32. The molecular weight excluding hydrogens is 280 g/mol. The second-order valence-electron chi connectivity index (χ2n) is 6.30. The fourth-order valence-corrected chi connectivity index (χ4v) is 3.47. The fraction of sp³-hybridized carbons (Fsp3) is 0.750. The van der Waals surface area contributed by atoms with Crippen molar-refractivity contribution in [3.8, 4) is 0 Å². The van der Waals surface area contributed by atoms with Crippen LogP contribution in [0.2, 0.25) is 0 Å². The number of piperidine rings is 1. The van der Waals surface area contributed by atoms with E-state index < -0.39 is 0 Å². The van der Waals surface area contributed by atoms with Crippen LogP contribution < -0.4 is 5.32 Å². The number of aromatic nitrogens is 2. The minimum absolute atomic E-state index is 0.210. The Morgan fingerprint density at radius 1 is 1.41 bits per heavy atom. The van der Waals surface area contributed by atoms with Gasteiger partial charge in [-0.3, -0.25) is 9.48 Å². The molecule has 2 aliphatic heterocycles. The number of hydrogen-bond donors (Lipinski definition) is 1. The largest absolute Gasteiger partial charge is 0.377 e. The first-order chi connectivity index (χ1) is 10.7. The molecule has 1 aromatic rings. The van der Waals surface area contributed by atoms with Crippen molar-refractivity contribution in [3.05, 3.63) is 18.0 Å². The summed E-state index contributed by atoms with van der Waals surface area (Å²) in [5.41, 5.74) is 1.28. The Morgan fingerprint density at radius 2 is 2.23 bits per heavy atom. The van der Waals surface area contributed by atoms with Crippen molar-refractivity contribution in [1.82, 2.24) is 20.0 Å². The zero-order valence-corrected chi connectivity index (χ0v) is 13.3. The molecule has 0 saturated carbocycles. The van der Waals surface area contributed by atoms with Crippen molar-refractivity contribution >= 4 is 5.91 Å². The van der Waals surface area contributed by atoms with Gasteiger partial charge in [-0.25, -0.2) is 0 Å². The maximum absolute atomic E-state index is 12.2. The highest BCUT2D eigenvalue weighted by Crippen LogP contribution is 2.27. The van der Waals surface area contributed by atoms with E-state index in [-0.39, 0.29) is 5.91 Å². The molecule has 0 aromatic carbocycles. The SMILES string of the molecule is Cn1nccc1C1CCN(C(=O)CNCC2CCCO2)CC1. The highest BCUT2D eigenvalue weighted by molar-refractivity contribution is 5.78. The normalized spacial score (nSPS) is 23.1. The van der Waals surface area contributed by atoms with Crippen LogP contribution in [0.5, 0.6) is 0 Å². The van der Waals surface area contributed by atoms with Crippen LogP contribution >= 0.6 is 0 Å². The minimum Gasteiger partial charge on any atom is -0.377 e. The summed E-state index contributed by atoms with van der Waals surface area (Å²) >= 11 is 0. The van der Waals surface area contributed by atoms with Crippen molar-refractivity contribution in [2.75, 3.05) is 32.8 Å². The minimum atomic E-state index is 0.210. The molecule has 1 N–H and O–H groups in total. The van der Waals surface area contributed by atoms with Gasteiger partial charge in [-0.2, -0.15) is 5.10 Å². The van der Waals surface area contributed by atoms with E-state index in [0.29, 0.717) is 18.6 Å². The second-order valence-corrected chi connectivity index (χ2v) is 6.30. The summed E-state index contributed by atoms with van der Waals surface area (Å²) < 4.78 is 7.50. The summed E-state index contributed by atoms with van der Waals surface area (Å²) in [6, 6.07) is 2.09. The Hall–Kier alpha value is -1.40. The van der Waals surface area contributed by atoms with Crippen LogP contribution in [0.4, 0.5) is 0 Å². The van der Waals surface area contributed by atoms with Crippen molar-refractivity contribution in [3.63, 3.8) is 0 Å². The first-order valence-electron chi connectivity index (χ1n) is 8.32. The smallest absolute Gasteiger partial charge is 0.236 e. The fourth-order valence-electron chi connectivity index (χ4n) is 3.47. The molecule has 122 valence electrons. The highest BCUT2D eigenvalue weighted by Gasteiger charge is 2.25. The van der Waals surface area contributed by atoms with E-state index in [9.17, 15) is 4.79 Å². The molecule has 0 bridgehead atoms. The maximum Gasteiger partial charge on any atom is 0.236 e. The second kappa shape index (κ2) is 7.24. The zero-order valence-electron chi connectivity index (χ0n) is 13.3.